The smallest absolute Gasteiger partial charge is 0.240 e. The van der Waals surface area contributed by atoms with Crippen LogP contribution in [-0.2, 0) is 14.6 Å². The zero-order valence-corrected chi connectivity index (χ0v) is 14.6. The van der Waals surface area contributed by atoms with E-state index in [1.54, 1.807) is 6.92 Å². The SMILES string of the molecule is C/C(=N/NC(=O)C[C@@H]1CCS(=O)(=O)C1)c1cc(F)c(Cl)cc1Cl. The third kappa shape index (κ3) is 4.89. The monoisotopic (exact) mass is 380 g/mol. The molecular weight excluding hydrogens is 366 g/mol. The van der Waals surface area contributed by atoms with Crippen molar-refractivity contribution < 1.29 is 17.6 Å². The summed E-state index contributed by atoms with van der Waals surface area (Å²) in [4.78, 5) is 11.8. The van der Waals surface area contributed by atoms with Crippen LogP contribution in [0.15, 0.2) is 17.2 Å². The molecule has 1 atom stereocenters. The van der Waals surface area contributed by atoms with Crippen molar-refractivity contribution in [2.45, 2.75) is 19.8 Å². The summed E-state index contributed by atoms with van der Waals surface area (Å²) in [6, 6.07) is 2.40. The molecule has 1 aromatic rings. The van der Waals surface area contributed by atoms with E-state index in [4.69, 9.17) is 23.2 Å². The van der Waals surface area contributed by atoms with Crippen LogP contribution in [0.2, 0.25) is 10.0 Å². The van der Waals surface area contributed by atoms with Gasteiger partial charge < -0.3 is 0 Å². The second-order valence-corrected chi connectivity index (χ2v) is 8.49. The minimum Gasteiger partial charge on any atom is -0.273 e. The van der Waals surface area contributed by atoms with E-state index in [1.807, 2.05) is 0 Å². The maximum Gasteiger partial charge on any atom is 0.240 e. The zero-order chi connectivity index (χ0) is 17.2. The lowest BCUT2D eigenvalue weighted by Gasteiger charge is -2.08. The molecule has 9 heteroatoms. The van der Waals surface area contributed by atoms with Crippen LogP contribution in [0.25, 0.3) is 0 Å². The lowest BCUT2D eigenvalue weighted by Crippen LogP contribution is -2.22. The van der Waals surface area contributed by atoms with E-state index in [0.29, 0.717) is 17.7 Å². The molecule has 1 amide bonds. The number of carbonyl (C=O) groups excluding carboxylic acids is 1. The van der Waals surface area contributed by atoms with E-state index < -0.39 is 21.6 Å². The topological polar surface area (TPSA) is 75.6 Å². The summed E-state index contributed by atoms with van der Waals surface area (Å²) in [5.74, 6) is -1.07. The number of rotatable bonds is 4. The summed E-state index contributed by atoms with van der Waals surface area (Å²) in [5, 5.41) is 4.00. The molecule has 1 fully saturated rings. The fourth-order valence-corrected chi connectivity index (χ4v) is 4.73. The first-order chi connectivity index (χ1) is 10.7. The molecule has 5 nitrogen and oxygen atoms in total. The molecule has 1 heterocycles. The Bertz CT molecular complexity index is 766. The second-order valence-electron chi connectivity index (χ2n) is 5.45. The minimum atomic E-state index is -3.02. The van der Waals surface area contributed by atoms with E-state index in [-0.39, 0.29) is 33.9 Å². The van der Waals surface area contributed by atoms with Gasteiger partial charge in [-0.2, -0.15) is 5.10 Å². The molecule has 0 bridgehead atoms. The zero-order valence-electron chi connectivity index (χ0n) is 12.3. The van der Waals surface area contributed by atoms with Gasteiger partial charge in [0.15, 0.2) is 9.84 Å². The summed E-state index contributed by atoms with van der Waals surface area (Å²) in [7, 11) is -3.02. The number of amides is 1. The van der Waals surface area contributed by atoms with E-state index in [1.165, 1.54) is 6.07 Å². The molecule has 0 aliphatic carbocycles. The van der Waals surface area contributed by atoms with Crippen molar-refractivity contribution in [3.05, 3.63) is 33.6 Å². The first-order valence-electron chi connectivity index (χ1n) is 6.86. The Morgan fingerprint density at radius 2 is 2.09 bits per heavy atom. The van der Waals surface area contributed by atoms with Crippen LogP contribution in [0, 0.1) is 11.7 Å². The molecule has 1 aliphatic heterocycles. The van der Waals surface area contributed by atoms with Gasteiger partial charge in [0.2, 0.25) is 5.91 Å². The highest BCUT2D eigenvalue weighted by molar-refractivity contribution is 7.91. The summed E-state index contributed by atoms with van der Waals surface area (Å²) < 4.78 is 36.2. The van der Waals surface area contributed by atoms with Gasteiger partial charge in [0, 0.05) is 12.0 Å². The Kier molecular flexibility index (Phi) is 5.65. The van der Waals surface area contributed by atoms with Crippen molar-refractivity contribution in [3.8, 4) is 0 Å². The Morgan fingerprint density at radius 1 is 1.39 bits per heavy atom. The van der Waals surface area contributed by atoms with Gasteiger partial charge in [-0.1, -0.05) is 23.2 Å². The molecule has 0 radical (unpaired) electrons. The Morgan fingerprint density at radius 3 is 2.70 bits per heavy atom. The number of nitrogens with zero attached hydrogens (tertiary/aromatic N) is 1. The second kappa shape index (κ2) is 7.15. The molecule has 23 heavy (non-hydrogen) atoms. The maximum absolute atomic E-state index is 13.5. The van der Waals surface area contributed by atoms with Crippen molar-refractivity contribution in [2.75, 3.05) is 11.5 Å². The molecule has 0 spiro atoms. The van der Waals surface area contributed by atoms with Crippen LogP contribution in [0.3, 0.4) is 0 Å². The Balaban J connectivity index is 1.99. The van der Waals surface area contributed by atoms with Crippen molar-refractivity contribution in [1.29, 1.82) is 0 Å². The van der Waals surface area contributed by atoms with Gasteiger partial charge in [-0.05, 0) is 31.4 Å². The fraction of sp³-hybridized carbons (Fsp3) is 0.429. The van der Waals surface area contributed by atoms with Gasteiger partial charge in [-0.25, -0.2) is 18.2 Å². The van der Waals surface area contributed by atoms with Crippen molar-refractivity contribution in [2.24, 2.45) is 11.0 Å². The molecular formula is C14H15Cl2FN2O3S. The number of hydrogen-bond donors (Lipinski definition) is 1. The number of sulfone groups is 1. The van der Waals surface area contributed by atoms with Gasteiger partial charge in [0.1, 0.15) is 5.82 Å². The van der Waals surface area contributed by atoms with Crippen LogP contribution in [-0.4, -0.2) is 31.5 Å². The van der Waals surface area contributed by atoms with E-state index >= 15 is 0 Å². The van der Waals surface area contributed by atoms with Gasteiger partial charge in [0.05, 0.1) is 27.3 Å². The van der Waals surface area contributed by atoms with Gasteiger partial charge in [0.25, 0.3) is 0 Å². The van der Waals surface area contributed by atoms with Crippen LogP contribution >= 0.6 is 23.2 Å². The van der Waals surface area contributed by atoms with Crippen molar-refractivity contribution in [3.63, 3.8) is 0 Å². The minimum absolute atomic E-state index is 0.0251. The predicted octanol–water partition coefficient (Wildman–Crippen LogP) is 2.80. The average molecular weight is 381 g/mol. The van der Waals surface area contributed by atoms with Gasteiger partial charge in [-0.3, -0.25) is 4.79 Å². The normalized spacial score (nSPS) is 20.5. The largest absolute Gasteiger partial charge is 0.273 e. The number of benzene rings is 1. The number of hydrogen-bond acceptors (Lipinski definition) is 4. The van der Waals surface area contributed by atoms with Crippen molar-refractivity contribution >= 4 is 44.7 Å². The summed E-state index contributed by atoms with van der Waals surface area (Å²) in [5.41, 5.74) is 2.97. The third-order valence-electron chi connectivity index (χ3n) is 3.55. The average Bonchev–Trinajstić information content (AvgIpc) is 2.79. The number of nitrogens with one attached hydrogen (secondary N) is 1. The first-order valence-corrected chi connectivity index (χ1v) is 9.44. The Labute approximate surface area is 143 Å². The van der Waals surface area contributed by atoms with Gasteiger partial charge in [-0.15, -0.1) is 0 Å². The quantitative estimate of drug-likeness (QED) is 0.495. The molecule has 1 aliphatic rings. The summed E-state index contributed by atoms with van der Waals surface area (Å²) in [6.45, 7) is 1.56. The van der Waals surface area contributed by atoms with E-state index in [9.17, 15) is 17.6 Å². The van der Waals surface area contributed by atoms with Crippen LogP contribution in [0.1, 0.15) is 25.3 Å². The fourth-order valence-electron chi connectivity index (χ4n) is 2.35. The van der Waals surface area contributed by atoms with Crippen LogP contribution < -0.4 is 5.43 Å². The Hall–Kier alpha value is -1.18. The number of halogens is 3. The molecule has 1 N–H and O–H groups in total. The summed E-state index contributed by atoms with van der Waals surface area (Å²) >= 11 is 11.6. The van der Waals surface area contributed by atoms with Crippen molar-refractivity contribution in [1.82, 2.24) is 5.43 Å². The standard InChI is InChI=1S/C14H15Cl2FN2O3S/c1-8(10-5-13(17)12(16)6-11(10)15)18-19-14(20)4-9-2-3-23(21,22)7-9/h5-6,9H,2-4,7H2,1H3,(H,19,20)/b18-8-/t9-/m0/s1. The van der Waals surface area contributed by atoms with Crippen LogP contribution in [0.4, 0.5) is 4.39 Å². The van der Waals surface area contributed by atoms with E-state index in [0.717, 1.165) is 6.07 Å². The summed E-state index contributed by atoms with van der Waals surface area (Å²) in [6.07, 6.45) is 0.561. The van der Waals surface area contributed by atoms with E-state index in [2.05, 4.69) is 10.5 Å². The molecule has 2 rings (SSSR count). The molecule has 0 saturated carbocycles. The number of hydrazone groups is 1. The predicted molar refractivity (Wildman–Crippen MR) is 88.2 cm³/mol. The first kappa shape index (κ1) is 18.2. The molecule has 0 aromatic heterocycles. The molecule has 0 unspecified atom stereocenters. The van der Waals surface area contributed by atoms with Gasteiger partial charge >= 0.3 is 0 Å². The highest BCUT2D eigenvalue weighted by atomic mass is 35.5. The lowest BCUT2D eigenvalue weighted by molar-refractivity contribution is -0.121. The molecule has 1 saturated heterocycles. The van der Waals surface area contributed by atoms with Crippen LogP contribution in [0.5, 0.6) is 0 Å². The highest BCUT2D eigenvalue weighted by Gasteiger charge is 2.29. The maximum atomic E-state index is 13.5. The molecule has 126 valence electrons. The number of carbonyl (C=O) groups is 1. The third-order valence-corrected chi connectivity index (χ3v) is 5.99. The lowest BCUT2D eigenvalue weighted by atomic mass is 10.1. The highest BCUT2D eigenvalue weighted by Crippen LogP contribution is 2.25. The molecule has 1 aromatic carbocycles.